The summed E-state index contributed by atoms with van der Waals surface area (Å²) < 4.78 is 5.41. The van der Waals surface area contributed by atoms with Gasteiger partial charge in [-0.15, -0.1) is 0 Å². The minimum atomic E-state index is -0.324. The van der Waals surface area contributed by atoms with Crippen LogP contribution in [0.2, 0.25) is 0 Å². The average molecular weight is 263 g/mol. The lowest BCUT2D eigenvalue weighted by Gasteiger charge is -2.43. The Morgan fingerprint density at radius 2 is 1.84 bits per heavy atom. The van der Waals surface area contributed by atoms with Crippen LogP contribution >= 0.6 is 0 Å². The molecule has 0 saturated carbocycles. The van der Waals surface area contributed by atoms with Gasteiger partial charge < -0.3 is 15.4 Å². The molecule has 0 radical (unpaired) electrons. The van der Waals surface area contributed by atoms with E-state index in [0.29, 0.717) is 0 Å². The molecule has 2 N–H and O–H groups in total. The summed E-state index contributed by atoms with van der Waals surface area (Å²) in [5.74, 6) is 0.924. The van der Waals surface area contributed by atoms with Crippen LogP contribution in [-0.2, 0) is 6.42 Å². The first kappa shape index (κ1) is 14.3. The highest BCUT2D eigenvalue weighted by Gasteiger charge is 2.30. The minimum Gasteiger partial charge on any atom is -0.496 e. The Morgan fingerprint density at radius 1 is 1.21 bits per heavy atom. The van der Waals surface area contributed by atoms with Crippen LogP contribution in [0.3, 0.4) is 0 Å². The molecule has 1 aromatic carbocycles. The van der Waals surface area contributed by atoms with E-state index in [1.807, 2.05) is 18.2 Å². The van der Waals surface area contributed by atoms with E-state index in [9.17, 15) is 0 Å². The molecule has 1 aliphatic rings. The summed E-state index contributed by atoms with van der Waals surface area (Å²) in [6, 6.07) is 8.12. The fourth-order valence-corrected chi connectivity index (χ4v) is 2.66. The number of nitrogens with two attached hydrogens (primary N) is 1. The quantitative estimate of drug-likeness (QED) is 0.885. The van der Waals surface area contributed by atoms with Crippen molar-refractivity contribution in [3.63, 3.8) is 0 Å². The van der Waals surface area contributed by atoms with Crippen LogP contribution in [0.15, 0.2) is 24.3 Å². The van der Waals surface area contributed by atoms with E-state index >= 15 is 0 Å². The first-order chi connectivity index (χ1) is 9.03. The van der Waals surface area contributed by atoms with Crippen molar-refractivity contribution in [1.82, 2.24) is 9.80 Å². The Bertz CT molecular complexity index is 412. The molecule has 19 heavy (non-hydrogen) atoms. The van der Waals surface area contributed by atoms with Gasteiger partial charge in [0.15, 0.2) is 0 Å². The Morgan fingerprint density at radius 3 is 2.47 bits per heavy atom. The summed E-state index contributed by atoms with van der Waals surface area (Å²) in [6.45, 7) is 6.33. The highest BCUT2D eigenvalue weighted by molar-refractivity contribution is 5.34. The summed E-state index contributed by atoms with van der Waals surface area (Å²) in [6.07, 6.45) is 0.806. The number of para-hydroxylation sites is 1. The number of ether oxygens (including phenoxy) is 1. The van der Waals surface area contributed by atoms with Gasteiger partial charge in [-0.25, -0.2) is 0 Å². The van der Waals surface area contributed by atoms with Gasteiger partial charge in [-0.05, 0) is 25.6 Å². The van der Waals surface area contributed by atoms with E-state index in [1.54, 1.807) is 7.11 Å². The number of piperazine rings is 1. The van der Waals surface area contributed by atoms with E-state index in [2.05, 4.69) is 29.8 Å². The molecule has 1 aliphatic heterocycles. The molecule has 4 nitrogen and oxygen atoms in total. The first-order valence-electron chi connectivity index (χ1n) is 6.87. The second-order valence-corrected chi connectivity index (χ2v) is 5.64. The fraction of sp³-hybridized carbons (Fsp3) is 0.600. The maximum Gasteiger partial charge on any atom is 0.122 e. The lowest BCUT2D eigenvalue weighted by molar-refractivity contribution is 0.0543. The maximum atomic E-state index is 6.54. The zero-order valence-electron chi connectivity index (χ0n) is 12.2. The highest BCUT2D eigenvalue weighted by atomic mass is 16.5. The molecule has 1 heterocycles. The van der Waals surface area contributed by atoms with Crippen molar-refractivity contribution in [2.24, 2.45) is 5.73 Å². The standard InChI is InChI=1S/C15H25N3O/c1-15(16,18-10-8-17(2)9-11-18)12-13-6-4-5-7-14(13)19-3/h4-7H,8-12,16H2,1-3H3. The topological polar surface area (TPSA) is 41.7 Å². The summed E-state index contributed by atoms with van der Waals surface area (Å²) in [5.41, 5.74) is 7.40. The molecule has 1 saturated heterocycles. The third kappa shape index (κ3) is 3.47. The van der Waals surface area contributed by atoms with Gasteiger partial charge in [0.25, 0.3) is 0 Å². The molecule has 1 atom stereocenters. The molecule has 0 spiro atoms. The van der Waals surface area contributed by atoms with E-state index in [-0.39, 0.29) is 5.66 Å². The van der Waals surface area contributed by atoms with Crippen molar-refractivity contribution in [2.45, 2.75) is 19.0 Å². The summed E-state index contributed by atoms with van der Waals surface area (Å²) >= 11 is 0. The Labute approximate surface area is 116 Å². The zero-order chi connectivity index (χ0) is 13.9. The third-order valence-electron chi connectivity index (χ3n) is 3.97. The summed E-state index contributed by atoms with van der Waals surface area (Å²) in [4.78, 5) is 4.72. The Hall–Kier alpha value is -1.10. The highest BCUT2D eigenvalue weighted by Crippen LogP contribution is 2.24. The zero-order valence-corrected chi connectivity index (χ0v) is 12.2. The molecule has 1 fully saturated rings. The van der Waals surface area contributed by atoms with E-state index in [1.165, 1.54) is 5.56 Å². The van der Waals surface area contributed by atoms with E-state index < -0.39 is 0 Å². The van der Waals surface area contributed by atoms with Crippen LogP contribution in [-0.4, -0.2) is 55.8 Å². The Balaban J connectivity index is 2.07. The van der Waals surface area contributed by atoms with Crippen molar-refractivity contribution >= 4 is 0 Å². The predicted molar refractivity (Wildman–Crippen MR) is 78.4 cm³/mol. The molecule has 1 aromatic rings. The smallest absolute Gasteiger partial charge is 0.122 e. The van der Waals surface area contributed by atoms with Gasteiger partial charge in [-0.3, -0.25) is 4.90 Å². The van der Waals surface area contributed by atoms with Gasteiger partial charge in [0.1, 0.15) is 5.75 Å². The molecule has 4 heteroatoms. The molecule has 106 valence electrons. The number of likely N-dealkylation sites (N-methyl/N-ethyl adjacent to an activating group) is 1. The largest absolute Gasteiger partial charge is 0.496 e. The predicted octanol–water partition coefficient (Wildman–Crippen LogP) is 1.16. The molecular weight excluding hydrogens is 238 g/mol. The van der Waals surface area contributed by atoms with Crippen molar-refractivity contribution in [3.8, 4) is 5.75 Å². The van der Waals surface area contributed by atoms with Gasteiger partial charge >= 0.3 is 0 Å². The first-order valence-corrected chi connectivity index (χ1v) is 6.87. The molecule has 0 amide bonds. The van der Waals surface area contributed by atoms with Gasteiger partial charge in [0.05, 0.1) is 12.8 Å². The molecule has 0 aliphatic carbocycles. The Kier molecular flexibility index (Phi) is 4.45. The lowest BCUT2D eigenvalue weighted by atomic mass is 9.98. The van der Waals surface area contributed by atoms with Crippen molar-refractivity contribution in [1.29, 1.82) is 0 Å². The van der Waals surface area contributed by atoms with Crippen LogP contribution < -0.4 is 10.5 Å². The van der Waals surface area contributed by atoms with E-state index in [0.717, 1.165) is 38.3 Å². The molecule has 0 aromatic heterocycles. The van der Waals surface area contributed by atoms with Gasteiger partial charge in [-0.1, -0.05) is 18.2 Å². The second-order valence-electron chi connectivity index (χ2n) is 5.64. The summed E-state index contributed by atoms with van der Waals surface area (Å²) in [7, 11) is 3.87. The maximum absolute atomic E-state index is 6.54. The van der Waals surface area contributed by atoms with Crippen molar-refractivity contribution < 1.29 is 4.74 Å². The number of rotatable bonds is 4. The number of methoxy groups -OCH3 is 1. The molecule has 0 bridgehead atoms. The SMILES string of the molecule is COc1ccccc1CC(C)(N)N1CCN(C)CC1. The second kappa shape index (κ2) is 5.90. The number of hydrogen-bond donors (Lipinski definition) is 1. The molecule has 1 unspecified atom stereocenters. The normalized spacial score (nSPS) is 21.1. The number of benzene rings is 1. The van der Waals surface area contributed by atoms with Crippen LogP contribution in [0.1, 0.15) is 12.5 Å². The lowest BCUT2D eigenvalue weighted by Crippen LogP contribution is -2.60. The molecular formula is C15H25N3O. The molecule has 2 rings (SSSR count). The van der Waals surface area contributed by atoms with Crippen molar-refractivity contribution in [2.75, 3.05) is 40.3 Å². The fourth-order valence-electron chi connectivity index (χ4n) is 2.66. The summed E-state index contributed by atoms with van der Waals surface area (Å²) in [5, 5.41) is 0. The van der Waals surface area contributed by atoms with Crippen LogP contribution in [0, 0.1) is 0 Å². The van der Waals surface area contributed by atoms with Crippen LogP contribution in [0.25, 0.3) is 0 Å². The van der Waals surface area contributed by atoms with Crippen LogP contribution in [0.4, 0.5) is 0 Å². The van der Waals surface area contributed by atoms with Gasteiger partial charge in [0.2, 0.25) is 0 Å². The van der Waals surface area contributed by atoms with Crippen molar-refractivity contribution in [3.05, 3.63) is 29.8 Å². The van der Waals surface area contributed by atoms with Crippen LogP contribution in [0.5, 0.6) is 5.75 Å². The minimum absolute atomic E-state index is 0.324. The average Bonchev–Trinajstić information content (AvgIpc) is 2.39. The van der Waals surface area contributed by atoms with Gasteiger partial charge in [0, 0.05) is 32.6 Å². The number of hydrogen-bond acceptors (Lipinski definition) is 4. The van der Waals surface area contributed by atoms with E-state index in [4.69, 9.17) is 10.5 Å². The monoisotopic (exact) mass is 263 g/mol. The number of nitrogens with zero attached hydrogens (tertiary/aromatic N) is 2. The van der Waals surface area contributed by atoms with Gasteiger partial charge in [-0.2, -0.15) is 0 Å². The third-order valence-corrected chi connectivity index (χ3v) is 3.97.